The van der Waals surface area contributed by atoms with E-state index in [1.807, 2.05) is 25.1 Å². The molecule has 134 valence electrons. The van der Waals surface area contributed by atoms with E-state index in [4.69, 9.17) is 9.47 Å². The average molecular weight is 398 g/mol. The molecule has 0 amide bonds. The van der Waals surface area contributed by atoms with Gasteiger partial charge in [0.1, 0.15) is 4.21 Å². The van der Waals surface area contributed by atoms with Gasteiger partial charge in [0.15, 0.2) is 11.5 Å². The highest BCUT2D eigenvalue weighted by Crippen LogP contribution is 2.41. The fraction of sp³-hybridized carbons (Fsp3) is 0.412. The van der Waals surface area contributed by atoms with Crippen molar-refractivity contribution in [1.82, 2.24) is 4.31 Å². The van der Waals surface area contributed by atoms with Gasteiger partial charge in [0.25, 0.3) is 10.0 Å². The van der Waals surface area contributed by atoms with E-state index in [0.29, 0.717) is 17.3 Å². The zero-order valence-electron chi connectivity index (χ0n) is 13.8. The van der Waals surface area contributed by atoms with Crippen LogP contribution in [0.25, 0.3) is 0 Å². The number of rotatable bonds is 3. The van der Waals surface area contributed by atoms with E-state index < -0.39 is 10.0 Å². The van der Waals surface area contributed by atoms with Crippen molar-refractivity contribution in [2.45, 2.75) is 22.8 Å². The van der Waals surface area contributed by atoms with Gasteiger partial charge in [0, 0.05) is 29.0 Å². The fourth-order valence-corrected chi connectivity index (χ4v) is 7.28. The third kappa shape index (κ3) is 3.40. The van der Waals surface area contributed by atoms with Gasteiger partial charge in [0.2, 0.25) is 6.79 Å². The number of fused-ring (bicyclic) bond motifs is 1. The smallest absolute Gasteiger partial charge is 0.252 e. The standard InChI is InChI=1S/C17H19NO4S3/c1-12-2-5-17(24-12)25(19,20)18-7-6-16(23-9-8-18)13-3-4-14-15(10-13)22-11-21-14/h2-5,10,16H,6-9,11H2,1H3. The lowest BCUT2D eigenvalue weighted by Gasteiger charge is -2.19. The van der Waals surface area contributed by atoms with Crippen LogP contribution in [-0.2, 0) is 10.0 Å². The molecule has 5 nitrogen and oxygen atoms in total. The molecule has 0 spiro atoms. The molecular formula is C17H19NO4S3. The second-order valence-electron chi connectivity index (χ2n) is 6.03. The number of aryl methyl sites for hydroxylation is 1. The summed E-state index contributed by atoms with van der Waals surface area (Å²) in [5.41, 5.74) is 1.17. The third-order valence-corrected chi connectivity index (χ3v) is 9.07. The first kappa shape index (κ1) is 17.2. The largest absolute Gasteiger partial charge is 0.454 e. The van der Waals surface area contributed by atoms with Gasteiger partial charge >= 0.3 is 0 Å². The Kier molecular flexibility index (Phi) is 4.70. The van der Waals surface area contributed by atoms with Crippen LogP contribution in [0.2, 0.25) is 0 Å². The fourth-order valence-electron chi connectivity index (χ4n) is 3.05. The molecular weight excluding hydrogens is 378 g/mol. The lowest BCUT2D eigenvalue weighted by molar-refractivity contribution is 0.174. The van der Waals surface area contributed by atoms with Crippen LogP contribution in [0.1, 0.15) is 22.1 Å². The lowest BCUT2D eigenvalue weighted by Crippen LogP contribution is -2.32. The maximum atomic E-state index is 12.8. The van der Waals surface area contributed by atoms with E-state index in [9.17, 15) is 8.42 Å². The van der Waals surface area contributed by atoms with E-state index in [-0.39, 0.29) is 12.0 Å². The number of sulfonamides is 1. The molecule has 2 aliphatic rings. The third-order valence-electron chi connectivity index (χ3n) is 4.38. The van der Waals surface area contributed by atoms with Crippen LogP contribution in [0.4, 0.5) is 0 Å². The molecule has 2 aliphatic heterocycles. The molecule has 8 heteroatoms. The Morgan fingerprint density at radius 2 is 1.96 bits per heavy atom. The van der Waals surface area contributed by atoms with E-state index in [1.165, 1.54) is 16.9 Å². The summed E-state index contributed by atoms with van der Waals surface area (Å²) in [6.45, 7) is 3.27. The monoisotopic (exact) mass is 397 g/mol. The minimum absolute atomic E-state index is 0.264. The summed E-state index contributed by atoms with van der Waals surface area (Å²) in [4.78, 5) is 1.01. The molecule has 3 heterocycles. The van der Waals surface area contributed by atoms with Gasteiger partial charge in [-0.1, -0.05) is 6.07 Å². The second kappa shape index (κ2) is 6.83. The topological polar surface area (TPSA) is 55.8 Å². The number of thiophene rings is 1. The van der Waals surface area contributed by atoms with E-state index in [0.717, 1.165) is 28.5 Å². The Morgan fingerprint density at radius 3 is 2.76 bits per heavy atom. The zero-order valence-corrected chi connectivity index (χ0v) is 16.3. The Hall–Kier alpha value is -1.22. The number of nitrogens with zero attached hydrogens (tertiary/aromatic N) is 1. The van der Waals surface area contributed by atoms with Crippen molar-refractivity contribution in [3.05, 3.63) is 40.8 Å². The van der Waals surface area contributed by atoms with Crippen molar-refractivity contribution in [3.63, 3.8) is 0 Å². The van der Waals surface area contributed by atoms with Gasteiger partial charge < -0.3 is 9.47 Å². The number of benzene rings is 1. The zero-order chi connectivity index (χ0) is 17.4. The molecule has 0 N–H and O–H groups in total. The first-order valence-corrected chi connectivity index (χ1v) is 11.4. The minimum Gasteiger partial charge on any atom is -0.454 e. The summed E-state index contributed by atoms with van der Waals surface area (Å²) in [6.07, 6.45) is 0.786. The Morgan fingerprint density at radius 1 is 1.12 bits per heavy atom. The van der Waals surface area contributed by atoms with Crippen LogP contribution in [0.5, 0.6) is 11.5 Å². The molecule has 1 unspecified atom stereocenters. The number of thioether (sulfide) groups is 1. The number of ether oxygens (including phenoxy) is 2. The van der Waals surface area contributed by atoms with E-state index >= 15 is 0 Å². The van der Waals surface area contributed by atoms with E-state index in [1.54, 1.807) is 22.1 Å². The molecule has 2 aromatic rings. The number of hydrogen-bond donors (Lipinski definition) is 0. The molecule has 1 saturated heterocycles. The van der Waals surface area contributed by atoms with Crippen molar-refractivity contribution < 1.29 is 17.9 Å². The molecule has 25 heavy (non-hydrogen) atoms. The molecule has 1 aromatic carbocycles. The van der Waals surface area contributed by atoms with Crippen LogP contribution in [-0.4, -0.2) is 38.4 Å². The normalized spacial score (nSPS) is 21.2. The van der Waals surface area contributed by atoms with Gasteiger partial charge in [-0.05, 0) is 43.2 Å². The maximum Gasteiger partial charge on any atom is 0.252 e. The summed E-state index contributed by atoms with van der Waals surface area (Å²) in [6, 6.07) is 9.58. The molecule has 0 aliphatic carbocycles. The van der Waals surface area contributed by atoms with Crippen molar-refractivity contribution >= 4 is 33.1 Å². The van der Waals surface area contributed by atoms with Crippen LogP contribution in [0.3, 0.4) is 0 Å². The SMILES string of the molecule is Cc1ccc(S(=O)(=O)N2CCSC(c3ccc4c(c3)OCO4)CC2)s1. The maximum absolute atomic E-state index is 12.8. The summed E-state index contributed by atoms with van der Waals surface area (Å²) in [7, 11) is -3.39. The van der Waals surface area contributed by atoms with Gasteiger partial charge in [-0.2, -0.15) is 16.1 Å². The second-order valence-corrected chi connectivity index (χ2v) is 10.8. The van der Waals surface area contributed by atoms with Gasteiger partial charge in [-0.25, -0.2) is 8.42 Å². The van der Waals surface area contributed by atoms with Crippen LogP contribution >= 0.6 is 23.1 Å². The van der Waals surface area contributed by atoms with Crippen molar-refractivity contribution in [3.8, 4) is 11.5 Å². The highest BCUT2D eigenvalue weighted by Gasteiger charge is 2.29. The minimum atomic E-state index is -3.39. The predicted octanol–water partition coefficient (Wildman–Crippen LogP) is 3.65. The predicted molar refractivity (Wildman–Crippen MR) is 100 cm³/mol. The Bertz CT molecular complexity index is 878. The Balaban J connectivity index is 1.50. The Labute approximate surface area is 156 Å². The number of hydrogen-bond acceptors (Lipinski definition) is 6. The summed E-state index contributed by atoms with van der Waals surface area (Å²) in [5, 5.41) is 0.264. The first-order chi connectivity index (χ1) is 12.0. The van der Waals surface area contributed by atoms with Gasteiger partial charge in [-0.3, -0.25) is 0 Å². The molecule has 0 radical (unpaired) electrons. The molecule has 1 fully saturated rings. The summed E-state index contributed by atoms with van der Waals surface area (Å²) in [5.74, 6) is 2.34. The first-order valence-electron chi connectivity index (χ1n) is 8.12. The van der Waals surface area contributed by atoms with Gasteiger partial charge in [-0.15, -0.1) is 11.3 Å². The van der Waals surface area contributed by atoms with Crippen molar-refractivity contribution in [2.75, 3.05) is 25.6 Å². The van der Waals surface area contributed by atoms with Crippen LogP contribution in [0.15, 0.2) is 34.5 Å². The lowest BCUT2D eigenvalue weighted by atomic mass is 10.1. The van der Waals surface area contributed by atoms with Crippen LogP contribution in [0, 0.1) is 6.92 Å². The molecule has 4 rings (SSSR count). The molecule has 0 bridgehead atoms. The quantitative estimate of drug-likeness (QED) is 0.791. The van der Waals surface area contributed by atoms with E-state index in [2.05, 4.69) is 6.07 Å². The molecule has 1 atom stereocenters. The van der Waals surface area contributed by atoms with Crippen molar-refractivity contribution in [2.24, 2.45) is 0 Å². The van der Waals surface area contributed by atoms with Crippen LogP contribution < -0.4 is 9.47 Å². The highest BCUT2D eigenvalue weighted by molar-refractivity contribution is 7.99. The van der Waals surface area contributed by atoms with Crippen molar-refractivity contribution in [1.29, 1.82) is 0 Å². The average Bonchev–Trinajstić information content (AvgIpc) is 3.16. The summed E-state index contributed by atoms with van der Waals surface area (Å²) >= 11 is 3.14. The highest BCUT2D eigenvalue weighted by atomic mass is 32.2. The summed E-state index contributed by atoms with van der Waals surface area (Å²) < 4.78 is 38.6. The molecule has 1 aromatic heterocycles. The molecule has 0 saturated carbocycles. The van der Waals surface area contributed by atoms with Gasteiger partial charge in [0.05, 0.1) is 0 Å².